The second kappa shape index (κ2) is 15.5. The van der Waals surface area contributed by atoms with Gasteiger partial charge in [-0.05, 0) is 84.8 Å². The van der Waals surface area contributed by atoms with Crippen LogP contribution in [0.2, 0.25) is 0 Å². The molecule has 15 rings (SSSR count). The van der Waals surface area contributed by atoms with Crippen LogP contribution in [0.25, 0.3) is 93.4 Å². The molecule has 0 spiro atoms. The SMILES string of the molecule is CC1C/C=C(\c2cccc3c4ccccc4n(-c4ccccc4)c23)N=C(c2ccc(-n3c4ccccc4c4cc5ccccc5cc43)c3oc4ccccc4c23)N=C1C1=CC=CC2c3ccccc3OC12C. The summed E-state index contributed by atoms with van der Waals surface area (Å²) in [5, 5.41) is 9.11. The van der Waals surface area contributed by atoms with Crippen LogP contribution in [0.15, 0.2) is 238 Å². The first-order valence-corrected chi connectivity index (χ1v) is 25.0. The van der Waals surface area contributed by atoms with Gasteiger partial charge in [0.1, 0.15) is 16.9 Å². The Morgan fingerprint density at radius 2 is 1.28 bits per heavy atom. The number of nitrogens with zero attached hydrogens (tertiary/aromatic N) is 4. The molecule has 3 aliphatic rings. The van der Waals surface area contributed by atoms with Crippen molar-refractivity contribution in [2.75, 3.05) is 0 Å². The molecule has 0 bridgehead atoms. The Labute approximate surface area is 415 Å². The Morgan fingerprint density at radius 1 is 0.583 bits per heavy atom. The first-order valence-electron chi connectivity index (χ1n) is 25.0. The van der Waals surface area contributed by atoms with Gasteiger partial charge in [-0.3, -0.25) is 0 Å². The Bertz CT molecular complexity index is 4440. The van der Waals surface area contributed by atoms with E-state index >= 15 is 0 Å². The predicted molar refractivity (Wildman–Crippen MR) is 298 cm³/mol. The van der Waals surface area contributed by atoms with Crippen LogP contribution in [0.1, 0.15) is 42.9 Å². The van der Waals surface area contributed by atoms with Crippen LogP contribution in [0, 0.1) is 5.92 Å². The zero-order valence-corrected chi connectivity index (χ0v) is 39.8. The van der Waals surface area contributed by atoms with Gasteiger partial charge in [0.15, 0.2) is 11.4 Å². The normalized spacial score (nSPS) is 19.5. The number of hydrogen-bond donors (Lipinski definition) is 0. The molecular weight excluding hydrogens is 881 g/mol. The minimum atomic E-state index is -0.674. The molecule has 2 aliphatic heterocycles. The molecule has 72 heavy (non-hydrogen) atoms. The molecule has 0 saturated heterocycles. The van der Waals surface area contributed by atoms with Gasteiger partial charge in [-0.25, -0.2) is 9.98 Å². The summed E-state index contributed by atoms with van der Waals surface area (Å²) < 4.78 is 19.0. The number of aliphatic imine (C=N–C) groups is 2. The minimum absolute atomic E-state index is 0.00416. The van der Waals surface area contributed by atoms with Gasteiger partial charge in [0.2, 0.25) is 0 Å². The molecule has 1 aliphatic carbocycles. The van der Waals surface area contributed by atoms with Gasteiger partial charge >= 0.3 is 0 Å². The maximum Gasteiger partial charge on any atom is 0.160 e. The van der Waals surface area contributed by atoms with Crippen LogP contribution < -0.4 is 4.74 Å². The van der Waals surface area contributed by atoms with Crippen molar-refractivity contribution in [1.82, 2.24) is 9.13 Å². The van der Waals surface area contributed by atoms with Crippen molar-refractivity contribution >= 4 is 93.6 Å². The molecule has 12 aromatic rings. The molecule has 0 saturated carbocycles. The fourth-order valence-corrected chi connectivity index (χ4v) is 12.3. The first kappa shape index (κ1) is 40.8. The summed E-state index contributed by atoms with van der Waals surface area (Å²) in [5.41, 5.74) is 13.5. The highest BCUT2D eigenvalue weighted by atomic mass is 16.5. The molecular formula is C66H46N4O2. The van der Waals surface area contributed by atoms with Crippen LogP contribution in [0.5, 0.6) is 5.75 Å². The molecule has 3 atom stereocenters. The van der Waals surface area contributed by atoms with Crippen LogP contribution >= 0.6 is 0 Å². The number of rotatable bonds is 5. The van der Waals surface area contributed by atoms with Crippen molar-refractivity contribution in [3.63, 3.8) is 0 Å². The van der Waals surface area contributed by atoms with E-state index in [1.807, 2.05) is 0 Å². The molecule has 6 heteroatoms. The second-order valence-electron chi connectivity index (χ2n) is 19.7. The first-order chi connectivity index (χ1) is 35.5. The van der Waals surface area contributed by atoms with Gasteiger partial charge in [0.25, 0.3) is 0 Å². The van der Waals surface area contributed by atoms with E-state index < -0.39 is 5.60 Å². The van der Waals surface area contributed by atoms with Crippen molar-refractivity contribution in [3.8, 4) is 17.1 Å². The van der Waals surface area contributed by atoms with Crippen molar-refractivity contribution in [1.29, 1.82) is 0 Å². The largest absolute Gasteiger partial charge is 0.482 e. The number of furan rings is 1. The molecule has 6 nitrogen and oxygen atoms in total. The molecule has 342 valence electrons. The Hall–Kier alpha value is -9.00. The maximum atomic E-state index is 7.14. The lowest BCUT2D eigenvalue weighted by Crippen LogP contribution is -2.42. The number of hydrogen-bond acceptors (Lipinski definition) is 4. The Kier molecular flexibility index (Phi) is 8.79. The fraction of sp³-hybridized carbons (Fsp3) is 0.0909. The lowest BCUT2D eigenvalue weighted by molar-refractivity contribution is 0.147. The van der Waals surface area contributed by atoms with E-state index in [0.29, 0.717) is 12.3 Å². The van der Waals surface area contributed by atoms with Gasteiger partial charge < -0.3 is 18.3 Å². The zero-order chi connectivity index (χ0) is 47.7. The number of amidine groups is 1. The van der Waals surface area contributed by atoms with Crippen LogP contribution in [0.4, 0.5) is 0 Å². The molecule has 0 amide bonds. The Balaban J connectivity index is 1.02. The van der Waals surface area contributed by atoms with Crippen LogP contribution in [-0.4, -0.2) is 26.3 Å². The lowest BCUT2D eigenvalue weighted by atomic mass is 9.73. The summed E-state index contributed by atoms with van der Waals surface area (Å²) in [6.07, 6.45) is 9.74. The standard InChI is InChI=1S/C66H46N4O2/c1-40-34-36-54(48-27-16-26-46-44-22-8-12-30-55(44)69(63(46)48)43-20-4-3-5-21-43)67-65(68-62(40)53-29-17-28-52-47-24-10-15-33-60(47)72-66(52,53)2)50-35-37-57(64-61(50)49-25-11-14-32-59(49)71-64)70-56-31-13-9-23-45(56)51-38-41-18-6-7-19-42(41)39-58(51)70/h3-33,35-40,52H,34H2,1-2H3/b54-36+,67-65?,68-62?. The molecule has 3 unspecified atom stereocenters. The molecule has 0 N–H and O–H groups in total. The second-order valence-corrected chi connectivity index (χ2v) is 19.7. The lowest BCUT2D eigenvalue weighted by Gasteiger charge is -2.36. The third-order valence-corrected chi connectivity index (χ3v) is 15.6. The quantitative estimate of drug-likeness (QED) is 0.173. The number of fused-ring (bicyclic) bond motifs is 13. The van der Waals surface area contributed by atoms with Gasteiger partial charge in [-0.1, -0.05) is 165 Å². The number of allylic oxidation sites excluding steroid dienone is 3. The number of benzene rings is 9. The topological polar surface area (TPSA) is 57.0 Å². The van der Waals surface area contributed by atoms with Gasteiger partial charge in [-0.2, -0.15) is 0 Å². The van der Waals surface area contributed by atoms with E-state index in [1.54, 1.807) is 0 Å². The van der Waals surface area contributed by atoms with Crippen molar-refractivity contribution < 1.29 is 9.15 Å². The third-order valence-electron chi connectivity index (χ3n) is 15.6. The van der Waals surface area contributed by atoms with E-state index in [9.17, 15) is 0 Å². The van der Waals surface area contributed by atoms with E-state index in [1.165, 1.54) is 37.9 Å². The molecule has 9 aromatic carbocycles. The molecule has 3 aromatic heterocycles. The number of para-hydroxylation sites is 6. The highest BCUT2D eigenvalue weighted by Crippen LogP contribution is 2.52. The van der Waals surface area contributed by atoms with E-state index in [-0.39, 0.29) is 11.8 Å². The minimum Gasteiger partial charge on any atom is -0.482 e. The molecule has 0 fully saturated rings. The maximum absolute atomic E-state index is 7.14. The molecule has 0 radical (unpaired) electrons. The van der Waals surface area contributed by atoms with Gasteiger partial charge in [0, 0.05) is 72.1 Å². The highest BCUT2D eigenvalue weighted by Gasteiger charge is 2.49. The van der Waals surface area contributed by atoms with Crippen molar-refractivity contribution in [2.45, 2.75) is 31.8 Å². The predicted octanol–water partition coefficient (Wildman–Crippen LogP) is 16.6. The van der Waals surface area contributed by atoms with Gasteiger partial charge in [-0.15, -0.1) is 0 Å². The third kappa shape index (κ3) is 5.90. The molecule has 5 heterocycles. The highest BCUT2D eigenvalue weighted by molar-refractivity contribution is 6.25. The Morgan fingerprint density at radius 3 is 2.12 bits per heavy atom. The van der Waals surface area contributed by atoms with E-state index in [4.69, 9.17) is 19.1 Å². The summed E-state index contributed by atoms with van der Waals surface area (Å²) in [4.78, 5) is 11.8. The number of ether oxygens (including phenoxy) is 1. The smallest absolute Gasteiger partial charge is 0.160 e. The zero-order valence-electron chi connectivity index (χ0n) is 39.8. The van der Waals surface area contributed by atoms with Gasteiger partial charge in [0.05, 0.1) is 39.2 Å². The summed E-state index contributed by atoms with van der Waals surface area (Å²) in [6, 6.07) is 69.3. The summed E-state index contributed by atoms with van der Waals surface area (Å²) in [6.45, 7) is 4.53. The average molecular weight is 927 g/mol. The summed E-state index contributed by atoms with van der Waals surface area (Å²) >= 11 is 0. The van der Waals surface area contributed by atoms with Crippen molar-refractivity contribution in [2.24, 2.45) is 15.9 Å². The van der Waals surface area contributed by atoms with Crippen LogP contribution in [0.3, 0.4) is 0 Å². The summed E-state index contributed by atoms with van der Waals surface area (Å²) in [5.74, 6) is 1.56. The van der Waals surface area contributed by atoms with E-state index in [0.717, 1.165) is 89.2 Å². The van der Waals surface area contributed by atoms with E-state index in [2.05, 4.69) is 241 Å². The van der Waals surface area contributed by atoms with Crippen molar-refractivity contribution in [3.05, 3.63) is 241 Å². The average Bonchev–Trinajstić information content (AvgIpc) is 4.16. The number of aromatic nitrogens is 2. The van der Waals surface area contributed by atoms with Crippen LogP contribution in [-0.2, 0) is 0 Å². The fourth-order valence-electron chi connectivity index (χ4n) is 12.3. The monoisotopic (exact) mass is 926 g/mol. The summed E-state index contributed by atoms with van der Waals surface area (Å²) in [7, 11) is 0.